The van der Waals surface area contributed by atoms with Crippen LogP contribution in [0.3, 0.4) is 0 Å². The lowest BCUT2D eigenvalue weighted by Crippen LogP contribution is -2.14. The minimum atomic E-state index is 0.270. The van der Waals surface area contributed by atoms with Crippen LogP contribution < -0.4 is 5.73 Å². The van der Waals surface area contributed by atoms with E-state index in [0.717, 1.165) is 5.69 Å². The Bertz CT molecular complexity index is 493. The average molecular weight is 238 g/mol. The van der Waals surface area contributed by atoms with E-state index in [1.807, 2.05) is 24.4 Å². The number of rotatable bonds is 2. The second-order valence-electron chi connectivity index (χ2n) is 2.95. The van der Waals surface area contributed by atoms with Crippen LogP contribution in [0.4, 0.5) is 0 Å². The van der Waals surface area contributed by atoms with E-state index in [2.05, 4.69) is 5.10 Å². The Morgan fingerprint density at radius 3 is 2.80 bits per heavy atom. The van der Waals surface area contributed by atoms with Crippen molar-refractivity contribution >= 4 is 28.8 Å². The highest BCUT2D eigenvalue weighted by Gasteiger charge is 2.10. The first-order valence-corrected chi connectivity index (χ1v) is 5.07. The predicted octanol–water partition coefficient (Wildman–Crippen LogP) is 2.16. The minimum absolute atomic E-state index is 0.270. The van der Waals surface area contributed by atoms with Gasteiger partial charge in [-0.3, -0.25) is 0 Å². The van der Waals surface area contributed by atoms with Crippen LogP contribution in [0.15, 0.2) is 36.7 Å². The number of benzene rings is 1. The van der Waals surface area contributed by atoms with E-state index in [9.17, 15) is 0 Å². The third kappa shape index (κ3) is 1.86. The topological polar surface area (TPSA) is 43.8 Å². The molecule has 0 fully saturated rings. The van der Waals surface area contributed by atoms with Gasteiger partial charge in [-0.2, -0.15) is 5.10 Å². The maximum absolute atomic E-state index is 6.03. The van der Waals surface area contributed by atoms with Gasteiger partial charge in [0.05, 0.1) is 16.3 Å². The molecule has 5 heteroatoms. The Kier molecular flexibility index (Phi) is 2.70. The summed E-state index contributed by atoms with van der Waals surface area (Å²) in [4.78, 5) is 0.270. The zero-order chi connectivity index (χ0) is 10.8. The van der Waals surface area contributed by atoms with Crippen LogP contribution in [0.1, 0.15) is 5.56 Å². The SMILES string of the molecule is NC(=S)c1c(Cl)cccc1-n1cccn1. The molecule has 2 N–H and O–H groups in total. The van der Waals surface area contributed by atoms with Crippen molar-refractivity contribution in [3.63, 3.8) is 0 Å². The summed E-state index contributed by atoms with van der Waals surface area (Å²) in [5.41, 5.74) is 7.07. The van der Waals surface area contributed by atoms with Gasteiger partial charge in [0, 0.05) is 12.4 Å². The largest absolute Gasteiger partial charge is 0.389 e. The van der Waals surface area contributed by atoms with Crippen LogP contribution >= 0.6 is 23.8 Å². The van der Waals surface area contributed by atoms with Gasteiger partial charge in [-0.15, -0.1) is 0 Å². The third-order valence-corrected chi connectivity index (χ3v) is 2.51. The van der Waals surface area contributed by atoms with Crippen LogP contribution in [0.25, 0.3) is 5.69 Å². The van der Waals surface area contributed by atoms with Gasteiger partial charge < -0.3 is 5.73 Å². The number of thiocarbonyl (C=S) groups is 1. The molecule has 0 atom stereocenters. The summed E-state index contributed by atoms with van der Waals surface area (Å²) in [7, 11) is 0. The van der Waals surface area contributed by atoms with E-state index in [0.29, 0.717) is 10.6 Å². The lowest BCUT2D eigenvalue weighted by Gasteiger charge is -2.09. The number of nitrogens with zero attached hydrogens (tertiary/aromatic N) is 2. The number of halogens is 1. The predicted molar refractivity (Wildman–Crippen MR) is 64.5 cm³/mol. The molecule has 0 bridgehead atoms. The molecule has 0 amide bonds. The quantitative estimate of drug-likeness (QED) is 0.815. The zero-order valence-electron chi connectivity index (χ0n) is 7.72. The van der Waals surface area contributed by atoms with Gasteiger partial charge in [0.1, 0.15) is 4.99 Å². The van der Waals surface area contributed by atoms with Gasteiger partial charge in [-0.1, -0.05) is 29.9 Å². The highest BCUT2D eigenvalue weighted by molar-refractivity contribution is 7.80. The fourth-order valence-electron chi connectivity index (χ4n) is 1.36. The Hall–Kier alpha value is -1.39. The molecular formula is C10H8ClN3S. The molecule has 2 rings (SSSR count). The fourth-order valence-corrected chi connectivity index (χ4v) is 1.90. The van der Waals surface area contributed by atoms with E-state index in [1.165, 1.54) is 0 Å². The third-order valence-electron chi connectivity index (χ3n) is 1.99. The van der Waals surface area contributed by atoms with Crippen molar-refractivity contribution in [1.29, 1.82) is 0 Å². The molecule has 0 aliphatic carbocycles. The van der Waals surface area contributed by atoms with Crippen molar-refractivity contribution in [3.8, 4) is 5.69 Å². The van der Waals surface area contributed by atoms with E-state index in [-0.39, 0.29) is 4.99 Å². The van der Waals surface area contributed by atoms with Crippen molar-refractivity contribution in [3.05, 3.63) is 47.2 Å². The summed E-state index contributed by atoms with van der Waals surface area (Å²) < 4.78 is 1.68. The molecule has 15 heavy (non-hydrogen) atoms. The van der Waals surface area contributed by atoms with Crippen LogP contribution in [0, 0.1) is 0 Å². The van der Waals surface area contributed by atoms with Crippen molar-refractivity contribution in [2.45, 2.75) is 0 Å². The normalized spacial score (nSPS) is 10.2. The van der Waals surface area contributed by atoms with E-state index >= 15 is 0 Å². The number of nitrogens with two attached hydrogens (primary N) is 1. The smallest absolute Gasteiger partial charge is 0.107 e. The summed E-state index contributed by atoms with van der Waals surface area (Å²) in [6, 6.07) is 7.28. The number of hydrogen-bond acceptors (Lipinski definition) is 2. The molecule has 2 aromatic rings. The molecular weight excluding hydrogens is 230 g/mol. The Morgan fingerprint density at radius 2 is 2.20 bits per heavy atom. The Balaban J connectivity index is 2.66. The van der Waals surface area contributed by atoms with Crippen LogP contribution in [0.5, 0.6) is 0 Å². The average Bonchev–Trinajstić information content (AvgIpc) is 2.69. The maximum atomic E-state index is 6.03. The summed E-state index contributed by atoms with van der Waals surface area (Å²) in [6.07, 6.45) is 3.50. The van der Waals surface area contributed by atoms with E-state index in [1.54, 1.807) is 16.9 Å². The monoisotopic (exact) mass is 237 g/mol. The molecule has 0 saturated carbocycles. The zero-order valence-corrected chi connectivity index (χ0v) is 9.29. The molecule has 0 spiro atoms. The van der Waals surface area contributed by atoms with Crippen LogP contribution in [-0.2, 0) is 0 Å². The van der Waals surface area contributed by atoms with Crippen molar-refractivity contribution in [1.82, 2.24) is 9.78 Å². The second kappa shape index (κ2) is 4.00. The molecule has 76 valence electrons. The highest BCUT2D eigenvalue weighted by atomic mass is 35.5. The molecule has 0 radical (unpaired) electrons. The summed E-state index contributed by atoms with van der Waals surface area (Å²) in [6.45, 7) is 0. The molecule has 0 aliphatic heterocycles. The molecule has 1 heterocycles. The summed E-state index contributed by atoms with van der Waals surface area (Å²) >= 11 is 11.0. The number of aromatic nitrogens is 2. The molecule has 0 saturated heterocycles. The second-order valence-corrected chi connectivity index (χ2v) is 3.80. The first-order chi connectivity index (χ1) is 7.20. The van der Waals surface area contributed by atoms with Gasteiger partial charge in [0.2, 0.25) is 0 Å². The standard InChI is InChI=1S/C10H8ClN3S/c11-7-3-1-4-8(9(7)10(12)15)14-6-2-5-13-14/h1-6H,(H2,12,15). The summed E-state index contributed by atoms with van der Waals surface area (Å²) in [5, 5.41) is 4.65. The fraction of sp³-hybridized carbons (Fsp3) is 0. The molecule has 3 nitrogen and oxygen atoms in total. The van der Waals surface area contributed by atoms with Gasteiger partial charge in [-0.25, -0.2) is 4.68 Å². The first-order valence-electron chi connectivity index (χ1n) is 4.28. The van der Waals surface area contributed by atoms with Crippen LogP contribution in [-0.4, -0.2) is 14.8 Å². The molecule has 1 aromatic carbocycles. The van der Waals surface area contributed by atoms with Crippen LogP contribution in [0.2, 0.25) is 5.02 Å². The van der Waals surface area contributed by atoms with Gasteiger partial charge >= 0.3 is 0 Å². The Morgan fingerprint density at radius 1 is 1.40 bits per heavy atom. The maximum Gasteiger partial charge on any atom is 0.107 e. The van der Waals surface area contributed by atoms with Crippen molar-refractivity contribution in [2.75, 3.05) is 0 Å². The van der Waals surface area contributed by atoms with Crippen molar-refractivity contribution in [2.24, 2.45) is 5.73 Å². The Labute approximate surface area is 97.5 Å². The molecule has 0 aliphatic rings. The lowest BCUT2D eigenvalue weighted by atomic mass is 10.2. The lowest BCUT2D eigenvalue weighted by molar-refractivity contribution is 0.879. The number of hydrogen-bond donors (Lipinski definition) is 1. The van der Waals surface area contributed by atoms with E-state index < -0.39 is 0 Å². The highest BCUT2D eigenvalue weighted by Crippen LogP contribution is 2.22. The van der Waals surface area contributed by atoms with Gasteiger partial charge in [0.15, 0.2) is 0 Å². The van der Waals surface area contributed by atoms with E-state index in [4.69, 9.17) is 29.6 Å². The first kappa shape index (κ1) is 10.1. The molecule has 0 unspecified atom stereocenters. The van der Waals surface area contributed by atoms with Gasteiger partial charge in [-0.05, 0) is 18.2 Å². The minimum Gasteiger partial charge on any atom is -0.389 e. The molecule has 1 aromatic heterocycles. The summed E-state index contributed by atoms with van der Waals surface area (Å²) in [5.74, 6) is 0. The van der Waals surface area contributed by atoms with Gasteiger partial charge in [0.25, 0.3) is 0 Å². The van der Waals surface area contributed by atoms with Crippen molar-refractivity contribution < 1.29 is 0 Å².